The van der Waals surface area contributed by atoms with Crippen molar-refractivity contribution in [1.29, 1.82) is 0 Å². The predicted molar refractivity (Wildman–Crippen MR) is 179 cm³/mol. The molecule has 1 saturated heterocycles. The summed E-state index contributed by atoms with van der Waals surface area (Å²) in [4.78, 5) is 38.0. The van der Waals surface area contributed by atoms with Gasteiger partial charge in [-0.1, -0.05) is 89.3 Å². The first-order valence-corrected chi connectivity index (χ1v) is 16.6. The van der Waals surface area contributed by atoms with Gasteiger partial charge in [0.2, 0.25) is 17.7 Å². The number of rotatable bonds is 20. The highest BCUT2D eigenvalue weighted by Gasteiger charge is 2.45. The zero-order valence-corrected chi connectivity index (χ0v) is 27.8. The van der Waals surface area contributed by atoms with Crippen molar-refractivity contribution < 1.29 is 23.9 Å². The first-order valence-electron chi connectivity index (χ1n) is 16.6. The Morgan fingerprint density at radius 3 is 2.00 bits per heavy atom. The molecule has 0 aliphatic carbocycles. The number of ether oxygens (including phenoxy) is 2. The number of hydrogen-bond acceptors (Lipinski definition) is 5. The van der Waals surface area contributed by atoms with E-state index >= 15 is 0 Å². The number of anilines is 2. The van der Waals surface area contributed by atoms with Crippen LogP contribution in [0.4, 0.5) is 11.4 Å². The monoisotopic (exact) mass is 611 g/mol. The van der Waals surface area contributed by atoms with E-state index in [-0.39, 0.29) is 30.7 Å². The molecular formula is C36H57N3O5. The van der Waals surface area contributed by atoms with Crippen LogP contribution in [0, 0.1) is 5.41 Å². The van der Waals surface area contributed by atoms with Crippen LogP contribution in [-0.2, 0) is 23.9 Å². The number of carbonyl (C=O) groups excluding carboxylic acids is 3. The lowest BCUT2D eigenvalue weighted by Crippen LogP contribution is -2.56. The highest BCUT2D eigenvalue weighted by atomic mass is 16.7. The number of hydrogen-bond donors (Lipinski definition) is 3. The molecule has 1 aromatic carbocycles. The molecule has 1 aromatic rings. The van der Waals surface area contributed by atoms with Crippen LogP contribution in [0.2, 0.25) is 0 Å². The molecule has 0 spiro atoms. The van der Waals surface area contributed by atoms with Gasteiger partial charge in [-0.3, -0.25) is 14.4 Å². The largest absolute Gasteiger partial charge is 0.353 e. The molecule has 44 heavy (non-hydrogen) atoms. The summed E-state index contributed by atoms with van der Waals surface area (Å²) in [5.41, 5.74) is 0.617. The van der Waals surface area contributed by atoms with Gasteiger partial charge in [0, 0.05) is 24.8 Å². The summed E-state index contributed by atoms with van der Waals surface area (Å²) in [5.74, 6) is -1.43. The van der Waals surface area contributed by atoms with Crippen molar-refractivity contribution in [3.63, 3.8) is 0 Å². The van der Waals surface area contributed by atoms with Crippen LogP contribution >= 0.6 is 0 Å². The molecule has 0 aromatic heterocycles. The summed E-state index contributed by atoms with van der Waals surface area (Å²) in [7, 11) is 0. The number of amides is 3. The molecule has 8 heteroatoms. The molecule has 1 atom stereocenters. The Hall–Kier alpha value is -2.97. The quantitative estimate of drug-likeness (QED) is 0.102. The molecule has 8 nitrogen and oxygen atoms in total. The first kappa shape index (κ1) is 37.2. The maximum absolute atomic E-state index is 12.8. The van der Waals surface area contributed by atoms with Crippen molar-refractivity contribution in [2.45, 2.75) is 130 Å². The Morgan fingerprint density at radius 1 is 0.795 bits per heavy atom. The second-order valence-corrected chi connectivity index (χ2v) is 12.8. The van der Waals surface area contributed by atoms with Crippen molar-refractivity contribution in [3.8, 4) is 0 Å². The lowest BCUT2D eigenvalue weighted by molar-refractivity contribution is -0.304. The third-order valence-corrected chi connectivity index (χ3v) is 7.62. The van der Waals surface area contributed by atoms with Crippen LogP contribution in [-0.4, -0.2) is 42.8 Å². The van der Waals surface area contributed by atoms with Crippen molar-refractivity contribution in [2.24, 2.45) is 5.41 Å². The van der Waals surface area contributed by atoms with E-state index in [1.165, 1.54) is 38.5 Å². The van der Waals surface area contributed by atoms with E-state index in [2.05, 4.69) is 47.2 Å². The fourth-order valence-corrected chi connectivity index (χ4v) is 4.94. The fourth-order valence-electron chi connectivity index (χ4n) is 4.94. The topological polar surface area (TPSA) is 106 Å². The van der Waals surface area contributed by atoms with E-state index in [9.17, 15) is 14.4 Å². The minimum Gasteiger partial charge on any atom is -0.353 e. The van der Waals surface area contributed by atoms with Crippen LogP contribution < -0.4 is 16.0 Å². The third kappa shape index (κ3) is 15.2. The molecular weight excluding hydrogens is 554 g/mol. The standard InChI is InChI=1S/C36H57N3O5/c1-6-7-8-9-10-11-12-13-14-15-16-17-18-19-20-25-31(40)38-29-23-21-22-24-30(29)39-32(41)26-27-37-34(42)33-35(2,3)28-43-36(4,5)44-33/h10-11,13-14,21-24,33H,6-9,12,15-20,25-28H2,1-5H3,(H,37,42)(H,38,40)(H,39,41). The van der Waals surface area contributed by atoms with Crippen LogP contribution in [0.25, 0.3) is 0 Å². The van der Waals surface area contributed by atoms with E-state index in [0.717, 1.165) is 32.1 Å². The number of unbranched alkanes of at least 4 members (excludes halogenated alkanes) is 8. The number of nitrogens with one attached hydrogen (secondary N) is 3. The van der Waals surface area contributed by atoms with E-state index in [1.54, 1.807) is 32.0 Å². The molecule has 1 fully saturated rings. The van der Waals surface area contributed by atoms with E-state index < -0.39 is 17.3 Å². The van der Waals surface area contributed by atoms with Gasteiger partial charge in [0.15, 0.2) is 5.79 Å². The Balaban J connectivity index is 1.61. The second kappa shape index (κ2) is 20.1. The van der Waals surface area contributed by atoms with Crippen LogP contribution in [0.5, 0.6) is 0 Å². The summed E-state index contributed by atoms with van der Waals surface area (Å²) in [6.45, 7) is 10.2. The van der Waals surface area contributed by atoms with E-state index in [4.69, 9.17) is 9.47 Å². The average Bonchev–Trinajstić information content (AvgIpc) is 2.97. The van der Waals surface area contributed by atoms with Crippen LogP contribution in [0.3, 0.4) is 0 Å². The first-order chi connectivity index (χ1) is 21.0. The Labute approximate surface area is 265 Å². The maximum Gasteiger partial charge on any atom is 0.249 e. The van der Waals surface area contributed by atoms with Crippen LogP contribution in [0.15, 0.2) is 48.6 Å². The van der Waals surface area contributed by atoms with Crippen LogP contribution in [0.1, 0.15) is 118 Å². The number of carbonyl (C=O) groups is 3. The number of para-hydroxylation sites is 2. The maximum atomic E-state index is 12.8. The highest BCUT2D eigenvalue weighted by Crippen LogP contribution is 2.34. The summed E-state index contributed by atoms with van der Waals surface area (Å²) in [5, 5.41) is 8.60. The van der Waals surface area contributed by atoms with Crippen molar-refractivity contribution in [2.75, 3.05) is 23.8 Å². The van der Waals surface area contributed by atoms with Gasteiger partial charge in [0.1, 0.15) is 6.10 Å². The minimum atomic E-state index is -0.842. The predicted octanol–water partition coefficient (Wildman–Crippen LogP) is 8.06. The van der Waals surface area contributed by atoms with Gasteiger partial charge in [0.25, 0.3) is 0 Å². The molecule has 2 rings (SSSR count). The number of allylic oxidation sites excluding steroid dienone is 4. The Bertz CT molecular complexity index is 1080. The lowest BCUT2D eigenvalue weighted by Gasteiger charge is -2.44. The minimum absolute atomic E-state index is 0.0633. The average molecular weight is 612 g/mol. The second-order valence-electron chi connectivity index (χ2n) is 12.8. The van der Waals surface area contributed by atoms with E-state index in [1.807, 2.05) is 19.9 Å². The fraction of sp³-hybridized carbons (Fsp3) is 0.639. The van der Waals surface area contributed by atoms with Crippen molar-refractivity contribution in [1.82, 2.24) is 5.32 Å². The van der Waals surface area contributed by atoms with Gasteiger partial charge in [0.05, 0.1) is 18.0 Å². The molecule has 1 aliphatic rings. The normalized spacial score (nSPS) is 17.5. The van der Waals surface area contributed by atoms with Crippen molar-refractivity contribution >= 4 is 29.1 Å². The van der Waals surface area contributed by atoms with Gasteiger partial charge in [-0.25, -0.2) is 0 Å². The molecule has 0 bridgehead atoms. The van der Waals surface area contributed by atoms with Gasteiger partial charge in [-0.05, 0) is 64.5 Å². The molecule has 1 unspecified atom stereocenters. The molecule has 246 valence electrons. The Morgan fingerprint density at radius 2 is 1.36 bits per heavy atom. The lowest BCUT2D eigenvalue weighted by atomic mass is 9.85. The smallest absolute Gasteiger partial charge is 0.249 e. The summed E-state index contributed by atoms with van der Waals surface area (Å²) < 4.78 is 11.5. The molecule has 3 N–H and O–H groups in total. The molecule has 1 heterocycles. The molecule has 3 amide bonds. The Kier molecular flexibility index (Phi) is 17.0. The van der Waals surface area contributed by atoms with Crippen molar-refractivity contribution in [3.05, 3.63) is 48.6 Å². The molecule has 0 radical (unpaired) electrons. The zero-order chi connectivity index (χ0) is 32.3. The third-order valence-electron chi connectivity index (χ3n) is 7.62. The summed E-state index contributed by atoms with van der Waals surface area (Å²) >= 11 is 0. The summed E-state index contributed by atoms with van der Waals surface area (Å²) in [6.07, 6.45) is 21.5. The number of benzene rings is 1. The molecule has 0 saturated carbocycles. The van der Waals surface area contributed by atoms with Gasteiger partial charge < -0.3 is 25.4 Å². The SMILES string of the molecule is CCCCCC=CCC=CCCCCCCCC(=O)Nc1ccccc1NC(=O)CCNC(=O)C1OC(C)(C)OCC1(C)C. The molecule has 1 aliphatic heterocycles. The highest BCUT2D eigenvalue weighted by molar-refractivity contribution is 5.99. The van der Waals surface area contributed by atoms with Gasteiger partial charge in [-0.2, -0.15) is 0 Å². The summed E-state index contributed by atoms with van der Waals surface area (Å²) in [6, 6.07) is 7.16. The van der Waals surface area contributed by atoms with Gasteiger partial charge >= 0.3 is 0 Å². The zero-order valence-electron chi connectivity index (χ0n) is 27.8. The van der Waals surface area contributed by atoms with E-state index in [0.29, 0.717) is 24.4 Å². The van der Waals surface area contributed by atoms with Gasteiger partial charge in [-0.15, -0.1) is 0 Å².